The number of hydrogen-bond acceptors (Lipinski definition) is 6. The summed E-state index contributed by atoms with van der Waals surface area (Å²) in [5.41, 5.74) is 22.4. The SMILES string of the molecule is Clc1ccc(N(c2ccccc2)c2ccc3c4ccccc4n(-c4ccccc4)c3c2)cc1.[PH2-].c1ccc(N(c2ccc(N(c3ccccc3)c3cccc4oc5cc6ccccc6cc5c34)cc2)c2ccc3c4ccccc4n(-c4ccccc4)c3c2)cc1.c1ccc(Nc2cccc3oc4cc5ccccc5cc4c23)cc1. The van der Waals surface area contributed by atoms with E-state index in [0.29, 0.717) is 0 Å². The average molecular weight is 1510 g/mol. The summed E-state index contributed by atoms with van der Waals surface area (Å²) in [6, 6.07) is 149. The number of anilines is 11. The molecule has 4 heterocycles. The molecule has 0 saturated carbocycles. The van der Waals surface area contributed by atoms with Gasteiger partial charge >= 0.3 is 0 Å². The molecule has 0 spiro atoms. The summed E-state index contributed by atoms with van der Waals surface area (Å²) in [4.78, 5) is 6.95. The number of nitrogens with one attached hydrogen (secondary N) is 1. The van der Waals surface area contributed by atoms with Crippen molar-refractivity contribution < 1.29 is 8.83 Å². The monoisotopic (exact) mass is 1500 g/mol. The number of rotatable bonds is 13. The van der Waals surface area contributed by atoms with Crippen molar-refractivity contribution in [3.8, 4) is 11.4 Å². The summed E-state index contributed by atoms with van der Waals surface area (Å²) < 4.78 is 17.3. The Morgan fingerprint density at radius 3 is 1.05 bits per heavy atom. The minimum atomic E-state index is 0. The highest BCUT2D eigenvalue weighted by Gasteiger charge is 2.24. The van der Waals surface area contributed by atoms with E-state index in [9.17, 15) is 0 Å². The van der Waals surface area contributed by atoms with Crippen LogP contribution in [0.1, 0.15) is 0 Å². The van der Waals surface area contributed by atoms with Crippen molar-refractivity contribution in [2.45, 2.75) is 0 Å². The van der Waals surface area contributed by atoms with Gasteiger partial charge in [0.1, 0.15) is 22.3 Å². The Balaban J connectivity index is 0.000000127. The molecule has 22 aromatic rings. The molecule has 114 heavy (non-hydrogen) atoms. The molecule has 0 bridgehead atoms. The van der Waals surface area contributed by atoms with E-state index >= 15 is 0 Å². The van der Waals surface area contributed by atoms with Crippen LogP contribution < -0.4 is 20.0 Å². The Morgan fingerprint density at radius 2 is 0.579 bits per heavy atom. The fourth-order valence-corrected chi connectivity index (χ4v) is 16.4. The molecule has 1 N–H and O–H groups in total. The topological polar surface area (TPSA) is 57.9 Å². The van der Waals surface area contributed by atoms with Gasteiger partial charge in [0.25, 0.3) is 0 Å². The maximum absolute atomic E-state index is 6.52. The van der Waals surface area contributed by atoms with Crippen LogP contribution in [-0.2, 0) is 0 Å². The standard InChI is InChI=1S/C52H35N3O.C30H21ClN2.C22H15NO.H2P/c1-4-17-38(18-5-1)53(43-31-32-45-44-23-12-13-24-47(44)55(49(45)35-43)40-21-8-3-9-22-40)41-27-29-42(30-28-41)54(39-19-6-2-7-20-39)48-25-14-26-50-52(48)46-33-36-15-10-11-16-37(36)34-51(46)56-50;31-22-15-17-25(18-16-22)32(23-9-3-1-4-10-23)26-19-20-28-27-13-7-8-14-29(27)33(30(28)21-26)24-11-5-2-6-12-24;1-2-9-17(10-3-1)23-19-11-6-12-20-22(19)18-13-15-7-4-5-8-16(15)14-21(18)24-20;/h1-35H;1-21H;1-14,23H;1H2/q;;;-1. The smallest absolute Gasteiger partial charge is 0.137 e. The molecule has 22 rings (SSSR count). The highest BCUT2D eigenvalue weighted by molar-refractivity contribution is 6.92. The van der Waals surface area contributed by atoms with Gasteiger partial charge in [0.05, 0.1) is 44.2 Å². The van der Waals surface area contributed by atoms with Crippen LogP contribution in [0.5, 0.6) is 0 Å². The van der Waals surface area contributed by atoms with Crippen molar-refractivity contribution in [3.63, 3.8) is 0 Å². The second kappa shape index (κ2) is 30.5. The predicted octanol–water partition coefficient (Wildman–Crippen LogP) is 30.5. The highest BCUT2D eigenvalue weighted by Crippen LogP contribution is 2.47. The highest BCUT2D eigenvalue weighted by atomic mass is 35.5. The Labute approximate surface area is 667 Å². The molecular weight excluding hydrogens is 1430 g/mol. The Bertz CT molecular complexity index is 7220. The number of fused-ring (bicyclic) bond motifs is 14. The number of nitrogens with zero attached hydrogens (tertiary/aromatic N) is 5. The predicted molar refractivity (Wildman–Crippen MR) is 486 cm³/mol. The molecule has 0 radical (unpaired) electrons. The number of halogens is 1. The lowest BCUT2D eigenvalue weighted by molar-refractivity contribution is 0.669. The van der Waals surface area contributed by atoms with Crippen LogP contribution in [0.2, 0.25) is 5.02 Å². The number of benzene rings is 18. The molecule has 0 unspecified atom stereocenters. The summed E-state index contributed by atoms with van der Waals surface area (Å²) in [5, 5.41) is 18.4. The van der Waals surface area contributed by atoms with Gasteiger partial charge in [0.15, 0.2) is 0 Å². The van der Waals surface area contributed by atoms with E-state index in [2.05, 4.69) is 405 Å². The van der Waals surface area contributed by atoms with E-state index < -0.39 is 0 Å². The second-order valence-electron chi connectivity index (χ2n) is 28.2. The molecule has 10 heteroatoms. The minimum Gasteiger partial charge on any atom is -0.577 e. The molecule has 4 aromatic heterocycles. The van der Waals surface area contributed by atoms with Crippen LogP contribution in [0.3, 0.4) is 0 Å². The molecule has 18 aromatic carbocycles. The Morgan fingerprint density at radius 1 is 0.237 bits per heavy atom. The lowest BCUT2D eigenvalue weighted by atomic mass is 10.0. The molecule has 0 atom stereocenters. The van der Waals surface area contributed by atoms with Gasteiger partial charge in [-0.2, -0.15) is 0 Å². The molecular formula is C104H73ClN6O2P-. The molecule has 0 amide bonds. The van der Waals surface area contributed by atoms with E-state index in [1.165, 1.54) is 59.6 Å². The first kappa shape index (κ1) is 70.0. The van der Waals surface area contributed by atoms with Crippen LogP contribution >= 0.6 is 21.5 Å². The van der Waals surface area contributed by atoms with E-state index in [0.717, 1.165) is 128 Å². The third-order valence-electron chi connectivity index (χ3n) is 21.4. The maximum Gasteiger partial charge on any atom is 0.137 e. The van der Waals surface area contributed by atoms with Crippen molar-refractivity contribution in [2.75, 3.05) is 20.0 Å². The fourth-order valence-electron chi connectivity index (χ4n) is 16.3. The lowest BCUT2D eigenvalue weighted by Crippen LogP contribution is -2.12. The summed E-state index contributed by atoms with van der Waals surface area (Å²) in [7, 11) is 0. The first-order chi connectivity index (χ1) is 56.0. The second-order valence-corrected chi connectivity index (χ2v) is 28.6. The Hall–Kier alpha value is -14.4. The summed E-state index contributed by atoms with van der Waals surface area (Å²) in [6.07, 6.45) is 0. The third kappa shape index (κ3) is 13.1. The van der Waals surface area contributed by atoms with Gasteiger partial charge in [0, 0.05) is 99.9 Å². The van der Waals surface area contributed by atoms with E-state index in [1.807, 2.05) is 48.5 Å². The van der Waals surface area contributed by atoms with E-state index in [4.69, 9.17) is 20.4 Å². The van der Waals surface area contributed by atoms with Crippen molar-refractivity contribution in [2.24, 2.45) is 0 Å². The minimum absolute atomic E-state index is 0. The maximum atomic E-state index is 6.52. The summed E-state index contributed by atoms with van der Waals surface area (Å²) in [5.74, 6) is 0. The van der Waals surface area contributed by atoms with Gasteiger partial charge in [0.2, 0.25) is 0 Å². The zero-order valence-corrected chi connectivity index (χ0v) is 63.8. The normalized spacial score (nSPS) is 11.3. The zero-order valence-electron chi connectivity index (χ0n) is 61.9. The van der Waals surface area contributed by atoms with Gasteiger partial charge in [-0.3, -0.25) is 0 Å². The largest absolute Gasteiger partial charge is 0.577 e. The van der Waals surface area contributed by atoms with Crippen LogP contribution in [0.15, 0.2) is 433 Å². The van der Waals surface area contributed by atoms with Crippen LogP contribution in [0.25, 0.3) is 120 Å². The van der Waals surface area contributed by atoms with Gasteiger partial charge < -0.3 is 47.9 Å². The van der Waals surface area contributed by atoms with Crippen molar-refractivity contribution >= 4 is 193 Å². The molecule has 0 aliphatic carbocycles. The molecule has 0 aliphatic heterocycles. The van der Waals surface area contributed by atoms with Crippen molar-refractivity contribution in [1.82, 2.24) is 9.13 Å². The van der Waals surface area contributed by atoms with Crippen molar-refractivity contribution in [1.29, 1.82) is 0 Å². The first-order valence-corrected chi connectivity index (χ1v) is 38.4. The fraction of sp³-hybridized carbons (Fsp3) is 0. The van der Waals surface area contributed by atoms with E-state index in [-0.39, 0.29) is 9.90 Å². The van der Waals surface area contributed by atoms with Crippen LogP contribution in [0.4, 0.5) is 62.6 Å². The van der Waals surface area contributed by atoms with Gasteiger partial charge in [-0.1, -0.05) is 230 Å². The molecule has 0 aliphatic rings. The third-order valence-corrected chi connectivity index (χ3v) is 21.6. The summed E-state index contributed by atoms with van der Waals surface area (Å²) >= 11 is 6.20. The quantitative estimate of drug-likeness (QED) is 0.116. The molecule has 544 valence electrons. The number of aromatic nitrogens is 2. The van der Waals surface area contributed by atoms with Crippen LogP contribution in [-0.4, -0.2) is 9.13 Å². The average Bonchev–Trinajstić information content (AvgIpc) is 1.58. The van der Waals surface area contributed by atoms with Gasteiger partial charge in [-0.25, -0.2) is 0 Å². The Kier molecular flexibility index (Phi) is 18.7. The summed E-state index contributed by atoms with van der Waals surface area (Å²) in [6.45, 7) is 0. The molecule has 8 nitrogen and oxygen atoms in total. The van der Waals surface area contributed by atoms with Crippen LogP contribution in [0, 0.1) is 0 Å². The lowest BCUT2D eigenvalue weighted by Gasteiger charge is -2.29. The van der Waals surface area contributed by atoms with Gasteiger partial charge in [-0.05, 0) is 228 Å². The number of furan rings is 2. The molecule has 0 fully saturated rings. The number of para-hydroxylation sites is 8. The van der Waals surface area contributed by atoms with Gasteiger partial charge in [-0.15, -0.1) is 0 Å². The zero-order chi connectivity index (χ0) is 75.1. The number of hydrogen-bond donors (Lipinski definition) is 1. The molecule has 0 saturated heterocycles. The first-order valence-electron chi connectivity index (χ1n) is 38.0. The van der Waals surface area contributed by atoms with E-state index in [1.54, 1.807) is 0 Å². The van der Waals surface area contributed by atoms with Crippen molar-refractivity contribution in [3.05, 3.63) is 430 Å².